The minimum absolute atomic E-state index is 0.0445. The molecule has 1 aliphatic rings. The van der Waals surface area contributed by atoms with Crippen LogP contribution in [0.3, 0.4) is 0 Å². The summed E-state index contributed by atoms with van der Waals surface area (Å²) in [6.45, 7) is 1.61. The summed E-state index contributed by atoms with van der Waals surface area (Å²) in [6, 6.07) is 3.06. The van der Waals surface area contributed by atoms with Gasteiger partial charge < -0.3 is 20.9 Å². The highest BCUT2D eigenvalue weighted by molar-refractivity contribution is 5.98. The number of aromatic amines is 1. The van der Waals surface area contributed by atoms with Crippen LogP contribution in [-0.2, 0) is 6.18 Å². The Hall–Kier alpha value is -3.21. The molecule has 0 spiro atoms. The van der Waals surface area contributed by atoms with Gasteiger partial charge in [0, 0.05) is 43.0 Å². The Bertz CT molecular complexity index is 1070. The lowest BCUT2D eigenvalue weighted by Gasteiger charge is -2.24. The van der Waals surface area contributed by atoms with Crippen molar-refractivity contribution in [1.29, 1.82) is 0 Å². The molecular weight excluding hydrogens is 399 g/mol. The molecule has 30 heavy (non-hydrogen) atoms. The SMILES string of the molecule is CNC(=O)c1ccc2c(-c3nc(N[C@H]4CCCNC4)ncc3C(F)(F)F)c[nH]c2n1. The highest BCUT2D eigenvalue weighted by atomic mass is 19.4. The summed E-state index contributed by atoms with van der Waals surface area (Å²) < 4.78 is 41.0. The second-order valence-corrected chi connectivity index (χ2v) is 7.02. The average molecular weight is 419 g/mol. The second kappa shape index (κ2) is 7.90. The number of nitrogens with one attached hydrogen (secondary N) is 4. The molecule has 0 radical (unpaired) electrons. The van der Waals surface area contributed by atoms with E-state index in [-0.39, 0.29) is 28.9 Å². The topological polar surface area (TPSA) is 108 Å². The van der Waals surface area contributed by atoms with Crippen molar-refractivity contribution in [3.8, 4) is 11.3 Å². The zero-order valence-corrected chi connectivity index (χ0v) is 16.1. The number of hydrogen-bond acceptors (Lipinski definition) is 6. The number of nitrogens with zero attached hydrogens (tertiary/aromatic N) is 3. The Morgan fingerprint density at radius 1 is 1.27 bits per heavy atom. The molecule has 4 rings (SSSR count). The largest absolute Gasteiger partial charge is 0.419 e. The molecule has 8 nitrogen and oxygen atoms in total. The maximum atomic E-state index is 13.7. The first kappa shape index (κ1) is 20.1. The molecule has 3 aromatic heterocycles. The molecule has 1 atom stereocenters. The van der Waals surface area contributed by atoms with Gasteiger partial charge in [0.2, 0.25) is 5.95 Å². The van der Waals surface area contributed by atoms with Crippen molar-refractivity contribution in [2.75, 3.05) is 25.5 Å². The normalized spacial score (nSPS) is 17.1. The van der Waals surface area contributed by atoms with Gasteiger partial charge in [-0.3, -0.25) is 4.79 Å². The van der Waals surface area contributed by atoms with Crippen LogP contribution in [0.5, 0.6) is 0 Å². The summed E-state index contributed by atoms with van der Waals surface area (Å²) in [4.78, 5) is 26.9. The second-order valence-electron chi connectivity index (χ2n) is 7.02. The first-order valence-electron chi connectivity index (χ1n) is 9.49. The number of hydrogen-bond donors (Lipinski definition) is 4. The van der Waals surface area contributed by atoms with E-state index in [2.05, 4.69) is 35.9 Å². The van der Waals surface area contributed by atoms with Crippen LogP contribution in [0.2, 0.25) is 0 Å². The van der Waals surface area contributed by atoms with E-state index in [1.165, 1.54) is 19.3 Å². The number of halogens is 3. The van der Waals surface area contributed by atoms with Crippen molar-refractivity contribution in [3.05, 3.63) is 35.8 Å². The lowest BCUT2D eigenvalue weighted by molar-refractivity contribution is -0.137. The molecule has 1 saturated heterocycles. The molecule has 1 amide bonds. The van der Waals surface area contributed by atoms with E-state index in [0.29, 0.717) is 17.6 Å². The molecule has 11 heteroatoms. The maximum Gasteiger partial charge on any atom is 0.419 e. The summed E-state index contributed by atoms with van der Waals surface area (Å²) in [5.74, 6) is -0.255. The highest BCUT2D eigenvalue weighted by Gasteiger charge is 2.36. The van der Waals surface area contributed by atoms with Crippen LogP contribution < -0.4 is 16.0 Å². The minimum atomic E-state index is -4.63. The Labute approximate surface area is 169 Å². The van der Waals surface area contributed by atoms with Crippen LogP contribution in [-0.4, -0.2) is 52.0 Å². The smallest absolute Gasteiger partial charge is 0.354 e. The number of anilines is 1. The number of pyridine rings is 1. The van der Waals surface area contributed by atoms with E-state index in [9.17, 15) is 18.0 Å². The molecule has 4 N–H and O–H groups in total. The van der Waals surface area contributed by atoms with E-state index in [0.717, 1.165) is 25.6 Å². The van der Waals surface area contributed by atoms with E-state index in [1.54, 1.807) is 6.07 Å². The molecule has 0 unspecified atom stereocenters. The van der Waals surface area contributed by atoms with Crippen LogP contribution in [0.1, 0.15) is 28.9 Å². The standard InChI is InChI=1S/C19H20F3N7O/c1-23-17(30)14-5-4-11-12(8-25-16(11)28-14)15-13(19(20,21)22)9-26-18(29-15)27-10-3-2-6-24-7-10/h4-5,8-10,24H,2-3,6-7H2,1H3,(H,23,30)(H,25,28)(H,26,27,29)/t10-/m0/s1. The fraction of sp³-hybridized carbons (Fsp3) is 0.368. The molecule has 0 aliphatic carbocycles. The molecule has 158 valence electrons. The van der Waals surface area contributed by atoms with Crippen LogP contribution in [0.25, 0.3) is 22.3 Å². The third-order valence-electron chi connectivity index (χ3n) is 4.98. The monoisotopic (exact) mass is 419 g/mol. The highest BCUT2D eigenvalue weighted by Crippen LogP contribution is 2.38. The van der Waals surface area contributed by atoms with Crippen LogP contribution in [0.15, 0.2) is 24.5 Å². The first-order chi connectivity index (χ1) is 14.4. The molecule has 0 aromatic carbocycles. The van der Waals surface area contributed by atoms with Gasteiger partial charge in [-0.1, -0.05) is 0 Å². The van der Waals surface area contributed by atoms with Gasteiger partial charge in [-0.25, -0.2) is 15.0 Å². The number of carbonyl (C=O) groups is 1. The minimum Gasteiger partial charge on any atom is -0.354 e. The van der Waals surface area contributed by atoms with Crippen LogP contribution >= 0.6 is 0 Å². The third kappa shape index (κ3) is 3.92. The van der Waals surface area contributed by atoms with Crippen molar-refractivity contribution in [3.63, 3.8) is 0 Å². The maximum absolute atomic E-state index is 13.7. The van der Waals surface area contributed by atoms with Gasteiger partial charge >= 0.3 is 6.18 Å². The zero-order valence-electron chi connectivity index (χ0n) is 16.1. The summed E-state index contributed by atoms with van der Waals surface area (Å²) in [5, 5.41) is 9.23. The summed E-state index contributed by atoms with van der Waals surface area (Å²) in [6.07, 6.45) is -0.570. The van der Waals surface area contributed by atoms with E-state index in [1.807, 2.05) is 0 Å². The van der Waals surface area contributed by atoms with E-state index >= 15 is 0 Å². The zero-order chi connectivity index (χ0) is 21.3. The van der Waals surface area contributed by atoms with Crippen molar-refractivity contribution < 1.29 is 18.0 Å². The molecule has 4 heterocycles. The van der Waals surface area contributed by atoms with E-state index in [4.69, 9.17) is 0 Å². The molecule has 0 saturated carbocycles. The Morgan fingerprint density at radius 2 is 2.10 bits per heavy atom. The third-order valence-corrected chi connectivity index (χ3v) is 4.98. The number of rotatable bonds is 4. The van der Waals surface area contributed by atoms with Gasteiger partial charge in [0.25, 0.3) is 5.91 Å². The van der Waals surface area contributed by atoms with Crippen molar-refractivity contribution in [2.24, 2.45) is 0 Å². The average Bonchev–Trinajstić information content (AvgIpc) is 3.16. The predicted octanol–water partition coefficient (Wildman–Crippen LogP) is 2.56. The van der Waals surface area contributed by atoms with Gasteiger partial charge in [0.1, 0.15) is 16.9 Å². The summed E-state index contributed by atoms with van der Waals surface area (Å²) >= 11 is 0. The van der Waals surface area contributed by atoms with Crippen molar-refractivity contribution >= 4 is 22.9 Å². The number of fused-ring (bicyclic) bond motifs is 1. The lowest BCUT2D eigenvalue weighted by Crippen LogP contribution is -2.38. The molecular formula is C19H20F3N7O. The Balaban J connectivity index is 1.77. The Morgan fingerprint density at radius 3 is 2.80 bits per heavy atom. The number of aromatic nitrogens is 4. The van der Waals surface area contributed by atoms with Crippen LogP contribution in [0.4, 0.5) is 19.1 Å². The number of H-pyrrole nitrogens is 1. The number of alkyl halides is 3. The first-order valence-corrected chi connectivity index (χ1v) is 9.49. The number of amides is 1. The van der Waals surface area contributed by atoms with Crippen molar-refractivity contribution in [2.45, 2.75) is 25.1 Å². The van der Waals surface area contributed by atoms with Gasteiger partial charge in [0.15, 0.2) is 0 Å². The van der Waals surface area contributed by atoms with Gasteiger partial charge in [-0.2, -0.15) is 13.2 Å². The van der Waals surface area contributed by atoms with E-state index < -0.39 is 17.6 Å². The molecule has 0 bridgehead atoms. The Kier molecular flexibility index (Phi) is 5.29. The number of carbonyl (C=O) groups excluding carboxylic acids is 1. The van der Waals surface area contributed by atoms with Gasteiger partial charge in [-0.05, 0) is 31.5 Å². The fourth-order valence-corrected chi connectivity index (χ4v) is 3.48. The number of piperidine rings is 1. The molecule has 1 fully saturated rings. The van der Waals surface area contributed by atoms with Gasteiger partial charge in [-0.15, -0.1) is 0 Å². The van der Waals surface area contributed by atoms with Crippen LogP contribution in [0, 0.1) is 0 Å². The summed E-state index contributed by atoms with van der Waals surface area (Å²) in [5.41, 5.74) is -0.496. The van der Waals surface area contributed by atoms with Crippen molar-refractivity contribution in [1.82, 2.24) is 30.6 Å². The quantitative estimate of drug-likeness (QED) is 0.518. The lowest BCUT2D eigenvalue weighted by atomic mass is 10.1. The molecule has 1 aliphatic heterocycles. The van der Waals surface area contributed by atoms with Gasteiger partial charge in [0.05, 0.1) is 5.69 Å². The summed E-state index contributed by atoms with van der Waals surface area (Å²) in [7, 11) is 1.47. The fourth-order valence-electron chi connectivity index (χ4n) is 3.48. The molecule has 3 aromatic rings. The predicted molar refractivity (Wildman–Crippen MR) is 105 cm³/mol.